The summed E-state index contributed by atoms with van der Waals surface area (Å²) in [7, 11) is 1.43. The molecule has 0 unspecified atom stereocenters. The first-order chi connectivity index (χ1) is 17.2. The van der Waals surface area contributed by atoms with E-state index in [0.29, 0.717) is 22.7 Å². The summed E-state index contributed by atoms with van der Waals surface area (Å²) < 4.78 is 10.6. The second-order valence-corrected chi connectivity index (χ2v) is 7.09. The number of para-hydroxylation sites is 2. The van der Waals surface area contributed by atoms with Gasteiger partial charge in [-0.2, -0.15) is 5.10 Å². The summed E-state index contributed by atoms with van der Waals surface area (Å²) in [5, 5.41) is 28.5. The zero-order valence-electron chi connectivity index (χ0n) is 19.0. The molecule has 0 radical (unpaired) electrons. The molecule has 3 rings (SSSR count). The lowest BCUT2D eigenvalue weighted by Crippen LogP contribution is -2.33. The molecule has 0 saturated carbocycles. The average molecular weight is 493 g/mol. The number of amides is 2. The lowest BCUT2D eigenvalue weighted by Gasteiger charge is -2.09. The molecule has 0 aromatic heterocycles. The van der Waals surface area contributed by atoms with Gasteiger partial charge in [0.15, 0.2) is 0 Å². The third-order valence-corrected chi connectivity index (χ3v) is 4.74. The Bertz CT molecular complexity index is 1350. The molecule has 184 valence electrons. The molecule has 2 amide bonds. The summed E-state index contributed by atoms with van der Waals surface area (Å²) in [5.74, 6) is -1.49. The number of nitrogens with one attached hydrogen (secondary N) is 2. The van der Waals surface area contributed by atoms with Crippen molar-refractivity contribution in [1.29, 1.82) is 0 Å². The minimum Gasteiger partial charge on any atom is -0.495 e. The molecule has 0 aliphatic rings. The lowest BCUT2D eigenvalue weighted by atomic mass is 10.1. The molecule has 13 nitrogen and oxygen atoms in total. The molecule has 2 N–H and O–H groups in total. The van der Waals surface area contributed by atoms with Gasteiger partial charge < -0.3 is 14.8 Å². The van der Waals surface area contributed by atoms with E-state index in [-0.39, 0.29) is 11.5 Å². The molecule has 0 bridgehead atoms. The Kier molecular flexibility index (Phi) is 7.87. The molecule has 0 spiro atoms. The number of methoxy groups -OCH3 is 1. The van der Waals surface area contributed by atoms with E-state index in [1.54, 1.807) is 43.3 Å². The van der Waals surface area contributed by atoms with Gasteiger partial charge in [0.05, 0.1) is 34.4 Å². The number of carbonyl (C=O) groups is 2. The van der Waals surface area contributed by atoms with Crippen LogP contribution in [0.5, 0.6) is 17.2 Å². The molecule has 0 saturated heterocycles. The Morgan fingerprint density at radius 3 is 2.22 bits per heavy atom. The third-order valence-electron chi connectivity index (χ3n) is 4.74. The molecular formula is C23H19N5O8. The number of nitro benzene ring substituents is 2. The standard InChI is InChI=1S/C23H19N5O8/c1-14(25-26-23(30)22(29)24-18-5-3-4-6-20(18)35-2)15-7-10-17(11-8-15)36-21-12-9-16(27(31)32)13-19(21)28(33)34/h3-13H,1-2H3,(H,24,29)(H,26,30)/b25-14+. The Morgan fingerprint density at radius 2 is 1.58 bits per heavy atom. The van der Waals surface area contributed by atoms with Crippen LogP contribution in [-0.4, -0.2) is 34.5 Å². The van der Waals surface area contributed by atoms with Crippen LogP contribution in [0.4, 0.5) is 17.1 Å². The van der Waals surface area contributed by atoms with Crippen LogP contribution >= 0.6 is 0 Å². The van der Waals surface area contributed by atoms with E-state index in [0.717, 1.165) is 18.2 Å². The largest absolute Gasteiger partial charge is 0.495 e. The molecule has 0 aliphatic heterocycles. The van der Waals surface area contributed by atoms with Crippen LogP contribution in [0.2, 0.25) is 0 Å². The van der Waals surface area contributed by atoms with E-state index >= 15 is 0 Å². The molecule has 0 fully saturated rings. The molecule has 36 heavy (non-hydrogen) atoms. The number of carbonyl (C=O) groups excluding carboxylic acids is 2. The first-order valence-corrected chi connectivity index (χ1v) is 10.2. The quantitative estimate of drug-likeness (QED) is 0.206. The third kappa shape index (κ3) is 6.17. The number of hydrazone groups is 1. The van der Waals surface area contributed by atoms with Crippen molar-refractivity contribution in [2.45, 2.75) is 6.92 Å². The maximum Gasteiger partial charge on any atom is 0.329 e. The molecular weight excluding hydrogens is 474 g/mol. The average Bonchev–Trinajstić information content (AvgIpc) is 2.87. The molecule has 13 heteroatoms. The van der Waals surface area contributed by atoms with Crippen molar-refractivity contribution in [2.75, 3.05) is 12.4 Å². The monoisotopic (exact) mass is 493 g/mol. The van der Waals surface area contributed by atoms with Gasteiger partial charge >= 0.3 is 17.5 Å². The number of rotatable bonds is 8. The van der Waals surface area contributed by atoms with Crippen LogP contribution in [-0.2, 0) is 9.59 Å². The second kappa shape index (κ2) is 11.2. The predicted molar refractivity (Wildman–Crippen MR) is 128 cm³/mol. The summed E-state index contributed by atoms with van der Waals surface area (Å²) >= 11 is 0. The van der Waals surface area contributed by atoms with E-state index < -0.39 is 33.0 Å². The van der Waals surface area contributed by atoms with Crippen LogP contribution in [0.25, 0.3) is 0 Å². The zero-order chi connectivity index (χ0) is 26.2. The van der Waals surface area contributed by atoms with Crippen molar-refractivity contribution in [3.8, 4) is 17.2 Å². The van der Waals surface area contributed by atoms with Gasteiger partial charge in [0.25, 0.3) is 5.69 Å². The van der Waals surface area contributed by atoms with Crippen LogP contribution in [0, 0.1) is 20.2 Å². The Labute approximate surface area is 203 Å². The van der Waals surface area contributed by atoms with E-state index in [1.165, 1.54) is 19.2 Å². The summed E-state index contributed by atoms with van der Waals surface area (Å²) in [6, 6.07) is 15.8. The van der Waals surface area contributed by atoms with Crippen molar-refractivity contribution in [1.82, 2.24) is 5.43 Å². The van der Waals surface area contributed by atoms with Gasteiger partial charge in [-0.3, -0.25) is 29.8 Å². The van der Waals surface area contributed by atoms with Crippen LogP contribution in [0.3, 0.4) is 0 Å². The summed E-state index contributed by atoms with van der Waals surface area (Å²) in [6.45, 7) is 1.59. The number of nitrogens with zero attached hydrogens (tertiary/aromatic N) is 3. The first kappa shape index (κ1) is 25.3. The number of non-ortho nitro benzene ring substituents is 1. The van der Waals surface area contributed by atoms with Crippen LogP contribution in [0.15, 0.2) is 71.8 Å². The van der Waals surface area contributed by atoms with E-state index in [9.17, 15) is 29.8 Å². The fourth-order valence-corrected chi connectivity index (χ4v) is 2.92. The zero-order valence-corrected chi connectivity index (χ0v) is 19.0. The first-order valence-electron chi connectivity index (χ1n) is 10.2. The Balaban J connectivity index is 1.65. The summed E-state index contributed by atoms with van der Waals surface area (Å²) in [5.41, 5.74) is 2.42. The van der Waals surface area contributed by atoms with Crippen molar-refractivity contribution < 1.29 is 28.9 Å². The smallest absolute Gasteiger partial charge is 0.329 e. The SMILES string of the molecule is COc1ccccc1NC(=O)C(=O)N/N=C(\C)c1ccc(Oc2ccc([N+](=O)[O-])cc2[N+](=O)[O-])cc1. The van der Waals surface area contributed by atoms with Crippen molar-refractivity contribution in [3.05, 3.63) is 92.5 Å². The lowest BCUT2D eigenvalue weighted by molar-refractivity contribution is -0.394. The maximum atomic E-state index is 12.1. The number of anilines is 1. The van der Waals surface area contributed by atoms with Gasteiger partial charge in [-0.05, 0) is 55.0 Å². The van der Waals surface area contributed by atoms with Gasteiger partial charge in [0.1, 0.15) is 11.5 Å². The van der Waals surface area contributed by atoms with Crippen molar-refractivity contribution in [3.63, 3.8) is 0 Å². The molecule has 0 heterocycles. The predicted octanol–water partition coefficient (Wildman–Crippen LogP) is 3.78. The number of nitro groups is 2. The van der Waals surface area contributed by atoms with Gasteiger partial charge in [0, 0.05) is 6.07 Å². The molecule has 0 aliphatic carbocycles. The highest BCUT2D eigenvalue weighted by Gasteiger charge is 2.21. The number of hydrogen-bond donors (Lipinski definition) is 2. The summed E-state index contributed by atoms with van der Waals surface area (Å²) in [6.07, 6.45) is 0. The van der Waals surface area contributed by atoms with E-state index in [4.69, 9.17) is 9.47 Å². The van der Waals surface area contributed by atoms with Crippen molar-refractivity contribution >= 4 is 34.6 Å². The van der Waals surface area contributed by atoms with Gasteiger partial charge in [0.2, 0.25) is 5.75 Å². The van der Waals surface area contributed by atoms with E-state index in [2.05, 4.69) is 15.8 Å². The highest BCUT2D eigenvalue weighted by molar-refractivity contribution is 6.39. The topological polar surface area (TPSA) is 175 Å². The normalized spacial score (nSPS) is 10.8. The fraction of sp³-hybridized carbons (Fsp3) is 0.0870. The van der Waals surface area contributed by atoms with E-state index in [1.807, 2.05) is 0 Å². The van der Waals surface area contributed by atoms with Gasteiger partial charge in [-0.1, -0.05) is 12.1 Å². The minimum atomic E-state index is -0.995. The number of benzene rings is 3. The van der Waals surface area contributed by atoms with Crippen molar-refractivity contribution in [2.24, 2.45) is 5.10 Å². The minimum absolute atomic E-state index is 0.169. The highest BCUT2D eigenvalue weighted by Crippen LogP contribution is 2.34. The Morgan fingerprint density at radius 1 is 0.889 bits per heavy atom. The number of ether oxygens (including phenoxy) is 2. The van der Waals surface area contributed by atoms with Crippen LogP contribution < -0.4 is 20.2 Å². The molecule has 3 aromatic rings. The Hall–Kier alpha value is -5.33. The fourth-order valence-electron chi connectivity index (χ4n) is 2.92. The second-order valence-electron chi connectivity index (χ2n) is 7.09. The maximum absolute atomic E-state index is 12.1. The van der Waals surface area contributed by atoms with Gasteiger partial charge in [-0.15, -0.1) is 0 Å². The summed E-state index contributed by atoms with van der Waals surface area (Å²) in [4.78, 5) is 44.8. The van der Waals surface area contributed by atoms with Crippen LogP contribution in [0.1, 0.15) is 12.5 Å². The highest BCUT2D eigenvalue weighted by atomic mass is 16.6. The number of hydrogen-bond acceptors (Lipinski definition) is 9. The molecule has 3 aromatic carbocycles. The van der Waals surface area contributed by atoms with Gasteiger partial charge in [-0.25, -0.2) is 5.43 Å². The molecule has 0 atom stereocenters.